The van der Waals surface area contributed by atoms with Crippen LogP contribution in [0.2, 0.25) is 0 Å². The first-order chi connectivity index (χ1) is 7.65. The second kappa shape index (κ2) is 4.50. The van der Waals surface area contributed by atoms with E-state index >= 15 is 0 Å². The number of aromatic nitrogens is 1. The van der Waals surface area contributed by atoms with Gasteiger partial charge in [0.05, 0.1) is 11.6 Å². The highest BCUT2D eigenvalue weighted by Crippen LogP contribution is 2.41. The summed E-state index contributed by atoms with van der Waals surface area (Å²) in [5, 5.41) is 3.38. The van der Waals surface area contributed by atoms with E-state index in [0.29, 0.717) is 5.88 Å². The summed E-state index contributed by atoms with van der Waals surface area (Å²) in [6.45, 7) is 4.01. The van der Waals surface area contributed by atoms with E-state index in [0.717, 1.165) is 24.4 Å². The molecule has 0 aromatic carbocycles. The Morgan fingerprint density at radius 2 is 2.31 bits per heavy atom. The van der Waals surface area contributed by atoms with E-state index in [1.807, 2.05) is 26.0 Å². The van der Waals surface area contributed by atoms with Crippen LogP contribution in [0.25, 0.3) is 0 Å². The fraction of sp³-hybridized carbons (Fsp3) is 0.583. The number of nitrogens with one attached hydrogen (secondary N) is 1. The molecular formula is C12H17ClN2O. The molecule has 3 nitrogen and oxygen atoms in total. The van der Waals surface area contributed by atoms with Crippen molar-refractivity contribution in [3.8, 4) is 5.75 Å². The van der Waals surface area contributed by atoms with Gasteiger partial charge >= 0.3 is 0 Å². The molecule has 1 aliphatic carbocycles. The summed E-state index contributed by atoms with van der Waals surface area (Å²) >= 11 is 5.93. The van der Waals surface area contributed by atoms with Crippen LogP contribution in [0, 0.1) is 0 Å². The Morgan fingerprint density at radius 1 is 1.56 bits per heavy atom. The van der Waals surface area contributed by atoms with Gasteiger partial charge in [-0.2, -0.15) is 0 Å². The van der Waals surface area contributed by atoms with E-state index in [9.17, 15) is 0 Å². The Hall–Kier alpha value is -0.960. The fourth-order valence-electron chi connectivity index (χ4n) is 1.53. The van der Waals surface area contributed by atoms with Crippen molar-refractivity contribution in [1.82, 2.24) is 4.98 Å². The first kappa shape index (κ1) is 11.5. The predicted molar refractivity (Wildman–Crippen MR) is 66.3 cm³/mol. The third-order valence-corrected chi connectivity index (χ3v) is 3.14. The highest BCUT2D eigenvalue weighted by Gasteiger charge is 2.42. The molecule has 1 N–H and O–H groups in total. The third-order valence-electron chi connectivity index (χ3n) is 2.63. The summed E-state index contributed by atoms with van der Waals surface area (Å²) in [6, 6.07) is 3.81. The largest absolute Gasteiger partial charge is 0.487 e. The highest BCUT2D eigenvalue weighted by molar-refractivity contribution is 6.19. The molecule has 1 aliphatic rings. The number of hydrogen-bond acceptors (Lipinski definition) is 3. The summed E-state index contributed by atoms with van der Waals surface area (Å²) in [7, 11) is 0. The van der Waals surface area contributed by atoms with E-state index in [1.54, 1.807) is 6.20 Å². The number of ether oxygens (including phenoxy) is 1. The zero-order valence-corrected chi connectivity index (χ0v) is 10.4. The average Bonchev–Trinajstić information content (AvgIpc) is 3.01. The molecule has 0 aliphatic heterocycles. The van der Waals surface area contributed by atoms with Gasteiger partial charge in [-0.3, -0.25) is 0 Å². The van der Waals surface area contributed by atoms with Crippen LogP contribution in [0.4, 0.5) is 5.82 Å². The van der Waals surface area contributed by atoms with Crippen molar-refractivity contribution in [3.05, 3.63) is 18.3 Å². The van der Waals surface area contributed by atoms with Gasteiger partial charge in [-0.1, -0.05) is 0 Å². The summed E-state index contributed by atoms with van der Waals surface area (Å²) in [5.41, 5.74) is 0.0466. The van der Waals surface area contributed by atoms with Gasteiger partial charge in [0.1, 0.15) is 0 Å². The minimum atomic E-state index is 0.0466. The van der Waals surface area contributed by atoms with Crippen molar-refractivity contribution in [3.63, 3.8) is 0 Å². The first-order valence-corrected chi connectivity index (χ1v) is 6.14. The lowest BCUT2D eigenvalue weighted by molar-refractivity contribution is 0.242. The molecule has 88 valence electrons. The standard InChI is InChI=1S/C12H17ClN2O/c1-9(2)16-10-4-3-7-14-11(10)15-12(8-13)5-6-12/h3-4,7,9H,5-6,8H2,1-2H3,(H,14,15). The molecule has 0 spiro atoms. The molecule has 0 amide bonds. The molecule has 1 fully saturated rings. The topological polar surface area (TPSA) is 34.1 Å². The normalized spacial score (nSPS) is 17.2. The molecule has 1 aromatic rings. The van der Waals surface area contributed by atoms with Crippen LogP contribution in [0.15, 0.2) is 18.3 Å². The van der Waals surface area contributed by atoms with Crippen LogP contribution in [0.3, 0.4) is 0 Å². The van der Waals surface area contributed by atoms with Crippen molar-refractivity contribution < 1.29 is 4.74 Å². The molecule has 0 atom stereocenters. The molecule has 0 radical (unpaired) electrons. The number of halogens is 1. The van der Waals surface area contributed by atoms with Crippen LogP contribution in [0.1, 0.15) is 26.7 Å². The van der Waals surface area contributed by atoms with Crippen molar-refractivity contribution in [2.45, 2.75) is 38.3 Å². The molecule has 0 saturated heterocycles. The summed E-state index contributed by atoms with van der Waals surface area (Å²) in [5.74, 6) is 2.22. The first-order valence-electron chi connectivity index (χ1n) is 5.61. The van der Waals surface area contributed by atoms with Gasteiger partial charge in [0.15, 0.2) is 11.6 Å². The summed E-state index contributed by atoms with van der Waals surface area (Å²) in [6.07, 6.45) is 4.12. The van der Waals surface area contributed by atoms with E-state index in [2.05, 4.69) is 10.3 Å². The zero-order chi connectivity index (χ0) is 11.6. The molecule has 0 unspecified atom stereocenters. The van der Waals surface area contributed by atoms with Crippen LogP contribution < -0.4 is 10.1 Å². The zero-order valence-electron chi connectivity index (χ0n) is 9.66. The Bertz CT molecular complexity index is 364. The molecular weight excluding hydrogens is 224 g/mol. The van der Waals surface area contributed by atoms with E-state index < -0.39 is 0 Å². The van der Waals surface area contributed by atoms with Crippen molar-refractivity contribution in [2.75, 3.05) is 11.2 Å². The number of nitrogens with zero attached hydrogens (tertiary/aromatic N) is 1. The second-order valence-electron chi connectivity index (χ2n) is 4.56. The minimum absolute atomic E-state index is 0.0466. The Balaban J connectivity index is 2.13. The number of hydrogen-bond donors (Lipinski definition) is 1. The molecule has 1 heterocycles. The predicted octanol–water partition coefficient (Wildman–Crippen LogP) is 3.05. The van der Waals surface area contributed by atoms with Crippen LogP contribution in [-0.4, -0.2) is 22.5 Å². The van der Waals surface area contributed by atoms with Crippen molar-refractivity contribution >= 4 is 17.4 Å². The van der Waals surface area contributed by atoms with E-state index in [1.165, 1.54) is 0 Å². The Morgan fingerprint density at radius 3 is 2.88 bits per heavy atom. The molecule has 0 bridgehead atoms. The number of rotatable bonds is 5. The quantitative estimate of drug-likeness (QED) is 0.804. The number of anilines is 1. The Labute approximate surface area is 101 Å². The van der Waals surface area contributed by atoms with E-state index in [4.69, 9.17) is 16.3 Å². The van der Waals surface area contributed by atoms with Crippen LogP contribution >= 0.6 is 11.6 Å². The van der Waals surface area contributed by atoms with Crippen molar-refractivity contribution in [1.29, 1.82) is 0 Å². The smallest absolute Gasteiger partial charge is 0.169 e. The summed E-state index contributed by atoms with van der Waals surface area (Å²) in [4.78, 5) is 4.31. The van der Waals surface area contributed by atoms with Crippen molar-refractivity contribution in [2.24, 2.45) is 0 Å². The lowest BCUT2D eigenvalue weighted by Gasteiger charge is -2.18. The van der Waals surface area contributed by atoms with Gasteiger partial charge in [0.2, 0.25) is 0 Å². The maximum absolute atomic E-state index is 5.93. The molecule has 4 heteroatoms. The van der Waals surface area contributed by atoms with Gasteiger partial charge in [-0.25, -0.2) is 4.98 Å². The molecule has 2 rings (SSSR count). The van der Waals surface area contributed by atoms with Gasteiger partial charge in [0, 0.05) is 12.1 Å². The lowest BCUT2D eigenvalue weighted by Crippen LogP contribution is -2.24. The average molecular weight is 241 g/mol. The molecule has 1 aromatic heterocycles. The van der Waals surface area contributed by atoms with Gasteiger partial charge < -0.3 is 10.1 Å². The van der Waals surface area contributed by atoms with Gasteiger partial charge in [-0.05, 0) is 38.8 Å². The monoisotopic (exact) mass is 240 g/mol. The maximum atomic E-state index is 5.93. The van der Waals surface area contributed by atoms with Crippen LogP contribution in [0.5, 0.6) is 5.75 Å². The highest BCUT2D eigenvalue weighted by atomic mass is 35.5. The van der Waals surface area contributed by atoms with Gasteiger partial charge in [0.25, 0.3) is 0 Å². The second-order valence-corrected chi connectivity index (χ2v) is 4.82. The molecule has 16 heavy (non-hydrogen) atoms. The minimum Gasteiger partial charge on any atom is -0.487 e. The Kier molecular flexibility index (Phi) is 3.24. The van der Waals surface area contributed by atoms with Crippen LogP contribution in [-0.2, 0) is 0 Å². The van der Waals surface area contributed by atoms with E-state index in [-0.39, 0.29) is 11.6 Å². The maximum Gasteiger partial charge on any atom is 0.169 e. The number of alkyl halides is 1. The lowest BCUT2D eigenvalue weighted by atomic mass is 10.3. The third kappa shape index (κ3) is 2.59. The molecule has 1 saturated carbocycles. The number of pyridine rings is 1. The summed E-state index contributed by atoms with van der Waals surface area (Å²) < 4.78 is 5.70. The SMILES string of the molecule is CC(C)Oc1cccnc1NC1(CCl)CC1. The van der Waals surface area contributed by atoms with Gasteiger partial charge in [-0.15, -0.1) is 11.6 Å². The fourth-order valence-corrected chi connectivity index (χ4v) is 1.86.